The molecule has 0 aliphatic carbocycles. The molecule has 1 aromatic rings. The summed E-state index contributed by atoms with van der Waals surface area (Å²) in [5.74, 6) is 0.368. The van der Waals surface area contributed by atoms with Gasteiger partial charge < -0.3 is 15.2 Å². The Kier molecular flexibility index (Phi) is 3.51. The minimum atomic E-state index is -0.281. The molecule has 1 aromatic heterocycles. The average Bonchev–Trinajstić information content (AvgIpc) is 2.90. The van der Waals surface area contributed by atoms with Gasteiger partial charge in [-0.3, -0.25) is 4.79 Å². The van der Waals surface area contributed by atoms with Gasteiger partial charge in [-0.15, -0.1) is 0 Å². The van der Waals surface area contributed by atoms with Crippen LogP contribution < -0.4 is 10.6 Å². The molecule has 1 atom stereocenters. The fourth-order valence-corrected chi connectivity index (χ4v) is 1.81. The first kappa shape index (κ1) is 11.1. The van der Waals surface area contributed by atoms with Crippen LogP contribution in [0.2, 0.25) is 0 Å². The predicted octanol–water partition coefficient (Wildman–Crippen LogP) is 0.114. The van der Waals surface area contributed by atoms with Crippen LogP contribution in [0.4, 0.5) is 0 Å². The summed E-state index contributed by atoms with van der Waals surface area (Å²) < 4.78 is 5.03. The van der Waals surface area contributed by atoms with Gasteiger partial charge in [-0.2, -0.15) is 4.98 Å². The molecule has 88 valence electrons. The molecule has 0 spiro atoms. The van der Waals surface area contributed by atoms with Crippen molar-refractivity contribution < 1.29 is 9.32 Å². The molecular weight excluding hydrogens is 208 g/mol. The molecule has 0 aromatic carbocycles. The predicted molar refractivity (Wildman–Crippen MR) is 57.0 cm³/mol. The van der Waals surface area contributed by atoms with Gasteiger partial charge in [0.1, 0.15) is 0 Å². The Morgan fingerprint density at radius 2 is 2.56 bits per heavy atom. The Bertz CT molecular complexity index is 357. The van der Waals surface area contributed by atoms with Crippen LogP contribution in [0.1, 0.15) is 36.3 Å². The zero-order chi connectivity index (χ0) is 11.4. The molecule has 1 unspecified atom stereocenters. The summed E-state index contributed by atoms with van der Waals surface area (Å²) in [4.78, 5) is 15.4. The molecule has 1 fully saturated rings. The van der Waals surface area contributed by atoms with Gasteiger partial charge in [0.25, 0.3) is 11.7 Å². The Labute approximate surface area is 93.8 Å². The summed E-state index contributed by atoms with van der Waals surface area (Å²) in [5.41, 5.74) is 0. The van der Waals surface area contributed by atoms with Crippen molar-refractivity contribution in [3.05, 3.63) is 11.7 Å². The van der Waals surface area contributed by atoms with Crippen LogP contribution in [0.15, 0.2) is 4.52 Å². The number of hydrogen-bond acceptors (Lipinski definition) is 5. The number of amides is 1. The number of nitrogens with zero attached hydrogens (tertiary/aromatic N) is 2. The topological polar surface area (TPSA) is 80.0 Å². The molecule has 1 saturated heterocycles. The Hall–Kier alpha value is -1.43. The number of carbonyl (C=O) groups excluding carboxylic acids is 1. The SMILES string of the molecule is CCNC(=O)c1noc(CC2CCCN2)n1. The summed E-state index contributed by atoms with van der Waals surface area (Å²) in [5, 5.41) is 9.62. The van der Waals surface area contributed by atoms with Crippen LogP contribution in [0.5, 0.6) is 0 Å². The number of hydrogen-bond donors (Lipinski definition) is 2. The molecule has 6 heteroatoms. The third-order valence-electron chi connectivity index (χ3n) is 2.59. The molecule has 0 radical (unpaired) electrons. The van der Waals surface area contributed by atoms with Crippen molar-refractivity contribution in [1.82, 2.24) is 20.8 Å². The normalized spacial score (nSPS) is 19.9. The lowest BCUT2D eigenvalue weighted by Crippen LogP contribution is -2.25. The highest BCUT2D eigenvalue weighted by Gasteiger charge is 2.19. The van der Waals surface area contributed by atoms with Crippen LogP contribution in [0.25, 0.3) is 0 Å². The molecule has 2 rings (SSSR count). The minimum absolute atomic E-state index is 0.120. The van der Waals surface area contributed by atoms with Crippen molar-refractivity contribution >= 4 is 5.91 Å². The molecule has 1 aliphatic rings. The zero-order valence-corrected chi connectivity index (χ0v) is 9.32. The second-order valence-corrected chi connectivity index (χ2v) is 3.87. The number of carbonyl (C=O) groups is 1. The van der Waals surface area contributed by atoms with Crippen LogP contribution in [0, 0.1) is 0 Å². The van der Waals surface area contributed by atoms with E-state index in [1.54, 1.807) is 0 Å². The molecule has 1 aliphatic heterocycles. The van der Waals surface area contributed by atoms with Gasteiger partial charge in [0.2, 0.25) is 5.89 Å². The number of rotatable bonds is 4. The highest BCUT2D eigenvalue weighted by molar-refractivity contribution is 5.90. The molecule has 0 bridgehead atoms. The van der Waals surface area contributed by atoms with Crippen molar-refractivity contribution in [2.24, 2.45) is 0 Å². The van der Waals surface area contributed by atoms with Gasteiger partial charge in [-0.1, -0.05) is 5.16 Å². The highest BCUT2D eigenvalue weighted by atomic mass is 16.5. The lowest BCUT2D eigenvalue weighted by Gasteiger charge is -2.04. The maximum Gasteiger partial charge on any atom is 0.292 e. The fourth-order valence-electron chi connectivity index (χ4n) is 1.81. The molecule has 0 saturated carbocycles. The van der Waals surface area contributed by atoms with Gasteiger partial charge in [-0.25, -0.2) is 0 Å². The van der Waals surface area contributed by atoms with Crippen LogP contribution >= 0.6 is 0 Å². The maximum atomic E-state index is 11.4. The van der Waals surface area contributed by atoms with E-state index < -0.39 is 0 Å². The molecule has 2 heterocycles. The van der Waals surface area contributed by atoms with Crippen molar-refractivity contribution in [3.8, 4) is 0 Å². The van der Waals surface area contributed by atoms with E-state index in [1.807, 2.05) is 6.92 Å². The Balaban J connectivity index is 1.93. The van der Waals surface area contributed by atoms with Crippen molar-refractivity contribution in [2.75, 3.05) is 13.1 Å². The first-order chi connectivity index (χ1) is 7.79. The third kappa shape index (κ3) is 2.57. The maximum absolute atomic E-state index is 11.4. The van der Waals surface area contributed by atoms with E-state index in [-0.39, 0.29) is 11.7 Å². The zero-order valence-electron chi connectivity index (χ0n) is 9.32. The molecule has 16 heavy (non-hydrogen) atoms. The molecular formula is C10H16N4O2. The highest BCUT2D eigenvalue weighted by Crippen LogP contribution is 2.10. The molecule has 1 amide bonds. The summed E-state index contributed by atoms with van der Waals surface area (Å²) >= 11 is 0. The minimum Gasteiger partial charge on any atom is -0.349 e. The largest absolute Gasteiger partial charge is 0.349 e. The van der Waals surface area contributed by atoms with E-state index in [1.165, 1.54) is 6.42 Å². The summed E-state index contributed by atoms with van der Waals surface area (Å²) in [7, 11) is 0. The average molecular weight is 224 g/mol. The van der Waals surface area contributed by atoms with E-state index in [4.69, 9.17) is 4.52 Å². The first-order valence-corrected chi connectivity index (χ1v) is 5.63. The van der Waals surface area contributed by atoms with Crippen LogP contribution in [-0.4, -0.2) is 35.2 Å². The lowest BCUT2D eigenvalue weighted by atomic mass is 10.1. The van der Waals surface area contributed by atoms with Crippen molar-refractivity contribution in [1.29, 1.82) is 0 Å². The van der Waals surface area contributed by atoms with E-state index in [2.05, 4.69) is 20.8 Å². The van der Waals surface area contributed by atoms with Crippen LogP contribution in [-0.2, 0) is 6.42 Å². The molecule has 2 N–H and O–H groups in total. The van der Waals surface area contributed by atoms with Gasteiger partial charge in [-0.05, 0) is 26.3 Å². The van der Waals surface area contributed by atoms with E-state index >= 15 is 0 Å². The van der Waals surface area contributed by atoms with E-state index in [0.29, 0.717) is 24.9 Å². The summed E-state index contributed by atoms with van der Waals surface area (Å²) in [6, 6.07) is 0.405. The van der Waals surface area contributed by atoms with E-state index in [9.17, 15) is 4.79 Å². The quantitative estimate of drug-likeness (QED) is 0.759. The number of nitrogens with one attached hydrogen (secondary N) is 2. The monoisotopic (exact) mass is 224 g/mol. The second kappa shape index (κ2) is 5.07. The van der Waals surface area contributed by atoms with Gasteiger partial charge in [0.05, 0.1) is 0 Å². The van der Waals surface area contributed by atoms with E-state index in [0.717, 1.165) is 13.0 Å². The lowest BCUT2D eigenvalue weighted by molar-refractivity contribution is 0.0942. The van der Waals surface area contributed by atoms with Crippen molar-refractivity contribution in [2.45, 2.75) is 32.2 Å². The number of aromatic nitrogens is 2. The van der Waals surface area contributed by atoms with Gasteiger partial charge in [0.15, 0.2) is 0 Å². The standard InChI is InChI=1S/C10H16N4O2/c1-2-11-10(15)9-13-8(16-14-9)6-7-4-3-5-12-7/h7,12H,2-6H2,1H3,(H,11,15). The van der Waals surface area contributed by atoms with Gasteiger partial charge >= 0.3 is 0 Å². The molecule has 6 nitrogen and oxygen atoms in total. The smallest absolute Gasteiger partial charge is 0.292 e. The summed E-state index contributed by atoms with van der Waals surface area (Å²) in [6.07, 6.45) is 3.01. The Morgan fingerprint density at radius 3 is 3.25 bits per heavy atom. The van der Waals surface area contributed by atoms with Crippen molar-refractivity contribution in [3.63, 3.8) is 0 Å². The Morgan fingerprint density at radius 1 is 1.69 bits per heavy atom. The fraction of sp³-hybridized carbons (Fsp3) is 0.700. The summed E-state index contributed by atoms with van der Waals surface area (Å²) in [6.45, 7) is 3.45. The van der Waals surface area contributed by atoms with Crippen LogP contribution in [0.3, 0.4) is 0 Å². The van der Waals surface area contributed by atoms with Gasteiger partial charge in [0, 0.05) is 19.0 Å². The second-order valence-electron chi connectivity index (χ2n) is 3.87. The first-order valence-electron chi connectivity index (χ1n) is 5.63. The third-order valence-corrected chi connectivity index (χ3v) is 2.59.